The van der Waals surface area contributed by atoms with E-state index in [1.165, 1.54) is 24.0 Å². The molecule has 0 radical (unpaired) electrons. The lowest BCUT2D eigenvalue weighted by atomic mass is 9.72. The van der Waals surface area contributed by atoms with E-state index in [9.17, 15) is 0 Å². The summed E-state index contributed by atoms with van der Waals surface area (Å²) in [6, 6.07) is 10.7. The molecule has 2 aliphatic heterocycles. The zero-order valence-electron chi connectivity index (χ0n) is 15.6. The monoisotopic (exact) mass is 359 g/mol. The van der Waals surface area contributed by atoms with E-state index in [1.807, 2.05) is 18.6 Å². The molecule has 5 heteroatoms. The number of benzene rings is 1. The lowest BCUT2D eigenvalue weighted by molar-refractivity contribution is 0.148. The molecule has 0 bridgehead atoms. The van der Waals surface area contributed by atoms with Crippen molar-refractivity contribution < 1.29 is 0 Å². The van der Waals surface area contributed by atoms with Crippen LogP contribution in [0.5, 0.6) is 0 Å². The minimum absolute atomic E-state index is 0.500. The maximum absolute atomic E-state index is 4.83. The van der Waals surface area contributed by atoms with E-state index in [0.29, 0.717) is 5.41 Å². The first kappa shape index (κ1) is 16.6. The Hall–Kier alpha value is -2.53. The molecule has 0 amide bonds. The Morgan fingerprint density at radius 2 is 1.74 bits per heavy atom. The smallest absolute Gasteiger partial charge is 0.225 e. The van der Waals surface area contributed by atoms with E-state index in [-0.39, 0.29) is 0 Å². The molecule has 27 heavy (non-hydrogen) atoms. The standard InChI is InChI=1S/C22H25N5/c1(17-5-9-23-10-6-17)2-18-3-4-20-19(13-18)14-25-21(26-20)27-15-22(16-27)7-11-24-12-8-22/h3-6,9-10,13-14,24H,1-2,7-8,11-12,15-16H2. The normalized spacial score (nSPS) is 18.6. The summed E-state index contributed by atoms with van der Waals surface area (Å²) in [4.78, 5) is 15.9. The summed E-state index contributed by atoms with van der Waals surface area (Å²) in [5.41, 5.74) is 4.19. The summed E-state index contributed by atoms with van der Waals surface area (Å²) in [6.45, 7) is 4.50. The molecule has 2 fully saturated rings. The quantitative estimate of drug-likeness (QED) is 0.776. The van der Waals surface area contributed by atoms with Gasteiger partial charge in [-0.1, -0.05) is 6.07 Å². The summed E-state index contributed by atoms with van der Waals surface area (Å²) in [6.07, 6.45) is 10.3. The van der Waals surface area contributed by atoms with Crippen LogP contribution in [0.1, 0.15) is 24.0 Å². The highest BCUT2D eigenvalue weighted by molar-refractivity contribution is 5.79. The fraction of sp³-hybridized carbons (Fsp3) is 0.409. The molecule has 5 rings (SSSR count). The number of nitrogens with one attached hydrogen (secondary N) is 1. The average molecular weight is 359 g/mol. The van der Waals surface area contributed by atoms with Crippen LogP contribution < -0.4 is 10.2 Å². The number of rotatable bonds is 4. The van der Waals surface area contributed by atoms with Crippen molar-refractivity contribution in [3.8, 4) is 0 Å². The molecule has 0 saturated carbocycles. The van der Waals surface area contributed by atoms with Crippen LogP contribution in [-0.4, -0.2) is 41.1 Å². The first-order valence-corrected chi connectivity index (χ1v) is 9.90. The maximum Gasteiger partial charge on any atom is 0.225 e. The Balaban J connectivity index is 1.28. The fourth-order valence-corrected chi connectivity index (χ4v) is 4.40. The number of piperidine rings is 1. The van der Waals surface area contributed by atoms with Gasteiger partial charge in [-0.3, -0.25) is 4.98 Å². The molecular weight excluding hydrogens is 334 g/mol. The van der Waals surface area contributed by atoms with Crippen molar-refractivity contribution in [3.63, 3.8) is 0 Å². The first-order valence-electron chi connectivity index (χ1n) is 9.90. The summed E-state index contributed by atoms with van der Waals surface area (Å²) in [5, 5.41) is 4.59. The van der Waals surface area contributed by atoms with Gasteiger partial charge in [0.05, 0.1) is 5.52 Å². The van der Waals surface area contributed by atoms with Crippen molar-refractivity contribution in [2.75, 3.05) is 31.1 Å². The summed E-state index contributed by atoms with van der Waals surface area (Å²) in [7, 11) is 0. The van der Waals surface area contributed by atoms with Gasteiger partial charge in [0.2, 0.25) is 5.95 Å². The van der Waals surface area contributed by atoms with Gasteiger partial charge in [0.25, 0.3) is 0 Å². The Morgan fingerprint density at radius 3 is 2.56 bits per heavy atom. The van der Waals surface area contributed by atoms with Crippen LogP contribution in [0.4, 0.5) is 5.95 Å². The van der Waals surface area contributed by atoms with Crippen molar-refractivity contribution >= 4 is 16.9 Å². The van der Waals surface area contributed by atoms with Gasteiger partial charge in [-0.05, 0) is 74.2 Å². The third-order valence-corrected chi connectivity index (χ3v) is 6.08. The Morgan fingerprint density at radius 1 is 0.963 bits per heavy atom. The second-order valence-electron chi connectivity index (χ2n) is 8.02. The molecule has 4 heterocycles. The van der Waals surface area contributed by atoms with Gasteiger partial charge in [0.15, 0.2) is 0 Å². The first-order chi connectivity index (χ1) is 13.3. The average Bonchev–Trinajstić information content (AvgIpc) is 2.71. The van der Waals surface area contributed by atoms with Crippen LogP contribution in [0.15, 0.2) is 48.9 Å². The van der Waals surface area contributed by atoms with Crippen LogP contribution >= 0.6 is 0 Å². The molecule has 3 aromatic rings. The van der Waals surface area contributed by atoms with Gasteiger partial charge < -0.3 is 10.2 Å². The van der Waals surface area contributed by atoms with Gasteiger partial charge in [-0.15, -0.1) is 0 Å². The number of aryl methyl sites for hydroxylation is 2. The van der Waals surface area contributed by atoms with Crippen LogP contribution in [0.3, 0.4) is 0 Å². The summed E-state index contributed by atoms with van der Waals surface area (Å²) in [5.74, 6) is 0.885. The third-order valence-electron chi connectivity index (χ3n) is 6.08. The van der Waals surface area contributed by atoms with Gasteiger partial charge >= 0.3 is 0 Å². The van der Waals surface area contributed by atoms with E-state index in [0.717, 1.165) is 55.9 Å². The highest BCUT2D eigenvalue weighted by atomic mass is 15.3. The van der Waals surface area contributed by atoms with E-state index in [1.54, 1.807) is 0 Å². The molecule has 1 N–H and O–H groups in total. The molecule has 2 saturated heterocycles. The number of fused-ring (bicyclic) bond motifs is 1. The number of nitrogens with zero attached hydrogens (tertiary/aromatic N) is 4. The van der Waals surface area contributed by atoms with E-state index in [2.05, 4.69) is 50.5 Å². The van der Waals surface area contributed by atoms with Crippen LogP contribution in [0, 0.1) is 5.41 Å². The van der Waals surface area contributed by atoms with Crippen LogP contribution in [0.2, 0.25) is 0 Å². The number of pyridine rings is 1. The molecule has 1 spiro atoms. The summed E-state index contributed by atoms with van der Waals surface area (Å²) < 4.78 is 0. The Bertz CT molecular complexity index is 926. The maximum atomic E-state index is 4.83. The molecule has 0 unspecified atom stereocenters. The van der Waals surface area contributed by atoms with Crippen LogP contribution in [0.25, 0.3) is 10.9 Å². The molecule has 0 aliphatic carbocycles. The topological polar surface area (TPSA) is 53.9 Å². The second kappa shape index (κ2) is 6.89. The van der Waals surface area contributed by atoms with Crippen molar-refractivity contribution in [3.05, 3.63) is 60.0 Å². The van der Waals surface area contributed by atoms with Gasteiger partial charge in [-0.25, -0.2) is 9.97 Å². The lowest BCUT2D eigenvalue weighted by Crippen LogP contribution is -2.60. The number of aromatic nitrogens is 3. The lowest BCUT2D eigenvalue weighted by Gasteiger charge is -2.52. The van der Waals surface area contributed by atoms with Gasteiger partial charge in [0.1, 0.15) is 0 Å². The number of anilines is 1. The Kier molecular flexibility index (Phi) is 4.24. The van der Waals surface area contributed by atoms with Crippen molar-refractivity contribution in [2.24, 2.45) is 5.41 Å². The molecule has 2 aliphatic rings. The van der Waals surface area contributed by atoms with Gasteiger partial charge in [-0.2, -0.15) is 0 Å². The molecule has 2 aromatic heterocycles. The molecule has 5 nitrogen and oxygen atoms in total. The second-order valence-corrected chi connectivity index (χ2v) is 8.02. The fourth-order valence-electron chi connectivity index (χ4n) is 4.40. The third kappa shape index (κ3) is 3.39. The zero-order valence-corrected chi connectivity index (χ0v) is 15.6. The van der Waals surface area contributed by atoms with Crippen molar-refractivity contribution in [1.82, 2.24) is 20.3 Å². The minimum atomic E-state index is 0.500. The van der Waals surface area contributed by atoms with Crippen molar-refractivity contribution in [2.45, 2.75) is 25.7 Å². The van der Waals surface area contributed by atoms with Crippen LogP contribution in [-0.2, 0) is 12.8 Å². The molecule has 1 aromatic carbocycles. The number of hydrogen-bond donors (Lipinski definition) is 1. The minimum Gasteiger partial charge on any atom is -0.340 e. The molecule has 0 atom stereocenters. The zero-order chi connectivity index (χ0) is 18.1. The van der Waals surface area contributed by atoms with E-state index >= 15 is 0 Å². The Labute approximate surface area is 159 Å². The van der Waals surface area contributed by atoms with E-state index in [4.69, 9.17) is 4.98 Å². The van der Waals surface area contributed by atoms with E-state index < -0.39 is 0 Å². The molecular formula is C22H25N5. The summed E-state index contributed by atoms with van der Waals surface area (Å²) >= 11 is 0. The van der Waals surface area contributed by atoms with Crippen molar-refractivity contribution in [1.29, 1.82) is 0 Å². The highest BCUT2D eigenvalue weighted by Crippen LogP contribution is 2.40. The van der Waals surface area contributed by atoms with Gasteiger partial charge in [0, 0.05) is 42.5 Å². The molecule has 138 valence electrons. The highest BCUT2D eigenvalue weighted by Gasteiger charge is 2.44. The SMILES string of the molecule is c1cc(CCc2ccc3nc(N4CC5(CCNCC5)C4)ncc3c2)ccn1. The predicted octanol–water partition coefficient (Wildman–Crippen LogP) is 3.00. The number of hydrogen-bond acceptors (Lipinski definition) is 5. The largest absolute Gasteiger partial charge is 0.340 e. The predicted molar refractivity (Wildman–Crippen MR) is 108 cm³/mol.